The smallest absolute Gasteiger partial charge is 0.221 e. The lowest BCUT2D eigenvalue weighted by Gasteiger charge is -2.04. The highest BCUT2D eigenvalue weighted by Crippen LogP contribution is 2.19. The lowest BCUT2D eigenvalue weighted by atomic mass is 10.1. The van der Waals surface area contributed by atoms with Gasteiger partial charge in [0.15, 0.2) is 0 Å². The predicted octanol–water partition coefficient (Wildman–Crippen LogP) is 1.40. The molecule has 5 nitrogen and oxygen atoms in total. The number of hydrogen-bond donors (Lipinski definition) is 2. The number of nitrogens with one attached hydrogen (secondary N) is 2. The SMILES string of the molecule is CS(=O)(=O)CCC(=O)NCCc1c[nH]c2ccc(F)cc12. The molecule has 114 valence electrons. The molecule has 1 aromatic carbocycles. The van der Waals surface area contributed by atoms with Gasteiger partial charge in [0.25, 0.3) is 0 Å². The van der Waals surface area contributed by atoms with Gasteiger partial charge in [0, 0.05) is 36.3 Å². The van der Waals surface area contributed by atoms with E-state index in [1.54, 1.807) is 12.3 Å². The van der Waals surface area contributed by atoms with Crippen molar-refractivity contribution in [3.8, 4) is 0 Å². The minimum atomic E-state index is -3.13. The number of H-pyrrole nitrogens is 1. The molecule has 2 rings (SSSR count). The molecule has 0 aliphatic rings. The number of rotatable bonds is 6. The van der Waals surface area contributed by atoms with Crippen LogP contribution < -0.4 is 5.32 Å². The summed E-state index contributed by atoms with van der Waals surface area (Å²) in [6.07, 6.45) is 3.39. The summed E-state index contributed by atoms with van der Waals surface area (Å²) >= 11 is 0. The van der Waals surface area contributed by atoms with E-state index in [4.69, 9.17) is 0 Å². The van der Waals surface area contributed by atoms with Crippen molar-refractivity contribution in [1.82, 2.24) is 10.3 Å². The Labute approximate surface area is 122 Å². The molecule has 1 heterocycles. The molecule has 2 N–H and O–H groups in total. The van der Waals surface area contributed by atoms with Crippen LogP contribution in [-0.2, 0) is 21.1 Å². The van der Waals surface area contributed by atoms with E-state index in [0.29, 0.717) is 13.0 Å². The van der Waals surface area contributed by atoms with Crippen LogP contribution in [0.2, 0.25) is 0 Å². The van der Waals surface area contributed by atoms with E-state index >= 15 is 0 Å². The summed E-state index contributed by atoms with van der Waals surface area (Å²) in [5.41, 5.74) is 1.75. The van der Waals surface area contributed by atoms with Crippen LogP contribution in [0.3, 0.4) is 0 Å². The maximum atomic E-state index is 13.2. The van der Waals surface area contributed by atoms with E-state index in [1.807, 2.05) is 0 Å². The number of fused-ring (bicyclic) bond motifs is 1. The first-order valence-electron chi connectivity index (χ1n) is 6.55. The van der Waals surface area contributed by atoms with Gasteiger partial charge >= 0.3 is 0 Å². The molecular formula is C14H17FN2O3S. The van der Waals surface area contributed by atoms with Crippen molar-refractivity contribution in [1.29, 1.82) is 0 Å². The quantitative estimate of drug-likeness (QED) is 0.846. The minimum Gasteiger partial charge on any atom is -0.361 e. The van der Waals surface area contributed by atoms with Crippen molar-refractivity contribution in [3.05, 3.63) is 35.8 Å². The summed E-state index contributed by atoms with van der Waals surface area (Å²) in [5, 5.41) is 3.45. The van der Waals surface area contributed by atoms with Gasteiger partial charge in [-0.25, -0.2) is 12.8 Å². The monoisotopic (exact) mass is 312 g/mol. The second-order valence-corrected chi connectivity index (χ2v) is 7.24. The fraction of sp³-hybridized carbons (Fsp3) is 0.357. The number of carbonyl (C=O) groups is 1. The number of aromatic amines is 1. The van der Waals surface area contributed by atoms with Crippen LogP contribution in [0.25, 0.3) is 10.9 Å². The Kier molecular flexibility index (Phi) is 4.62. The fourth-order valence-corrected chi connectivity index (χ4v) is 2.62. The van der Waals surface area contributed by atoms with Crippen molar-refractivity contribution in [3.63, 3.8) is 0 Å². The maximum Gasteiger partial charge on any atom is 0.221 e. The number of carbonyl (C=O) groups excluding carboxylic acids is 1. The number of benzene rings is 1. The first-order valence-corrected chi connectivity index (χ1v) is 8.61. The van der Waals surface area contributed by atoms with Crippen molar-refractivity contribution >= 4 is 26.6 Å². The molecule has 0 saturated heterocycles. The number of amides is 1. The largest absolute Gasteiger partial charge is 0.361 e. The second-order valence-electron chi connectivity index (χ2n) is 4.98. The number of halogens is 1. The van der Waals surface area contributed by atoms with Crippen molar-refractivity contribution in [2.45, 2.75) is 12.8 Å². The zero-order valence-corrected chi connectivity index (χ0v) is 12.5. The van der Waals surface area contributed by atoms with Gasteiger partial charge in [0.2, 0.25) is 5.91 Å². The maximum absolute atomic E-state index is 13.2. The minimum absolute atomic E-state index is 0.0403. The molecule has 7 heteroatoms. The lowest BCUT2D eigenvalue weighted by molar-refractivity contribution is -0.120. The van der Waals surface area contributed by atoms with Crippen LogP contribution >= 0.6 is 0 Å². The number of sulfone groups is 1. The van der Waals surface area contributed by atoms with Gasteiger partial charge < -0.3 is 10.3 Å². The molecule has 2 aromatic rings. The Balaban J connectivity index is 1.88. The van der Waals surface area contributed by atoms with Crippen molar-refractivity contribution in [2.75, 3.05) is 18.6 Å². The molecule has 0 unspecified atom stereocenters. The highest BCUT2D eigenvalue weighted by Gasteiger charge is 2.09. The van der Waals surface area contributed by atoms with Gasteiger partial charge in [-0.15, -0.1) is 0 Å². The third-order valence-electron chi connectivity index (χ3n) is 3.15. The molecule has 0 spiro atoms. The first-order chi connectivity index (χ1) is 9.85. The summed E-state index contributed by atoms with van der Waals surface area (Å²) in [6, 6.07) is 4.50. The van der Waals surface area contributed by atoms with Crippen LogP contribution in [0.5, 0.6) is 0 Å². The Morgan fingerprint density at radius 1 is 1.38 bits per heavy atom. The molecule has 0 saturated carbocycles. The Hall–Kier alpha value is -1.89. The highest BCUT2D eigenvalue weighted by molar-refractivity contribution is 7.90. The molecule has 21 heavy (non-hydrogen) atoms. The summed E-state index contributed by atoms with van der Waals surface area (Å²) in [4.78, 5) is 14.5. The topological polar surface area (TPSA) is 79.0 Å². The molecule has 0 radical (unpaired) electrons. The number of hydrogen-bond acceptors (Lipinski definition) is 3. The lowest BCUT2D eigenvalue weighted by Crippen LogP contribution is -2.27. The third kappa shape index (κ3) is 4.56. The summed E-state index contributed by atoms with van der Waals surface area (Å²) in [5.74, 6) is -0.760. The fourth-order valence-electron chi connectivity index (χ4n) is 2.06. The van der Waals surface area contributed by atoms with Crippen molar-refractivity contribution in [2.24, 2.45) is 0 Å². The standard InChI is InChI=1S/C14H17FN2O3S/c1-21(19,20)7-5-14(18)16-6-4-10-9-17-13-3-2-11(15)8-12(10)13/h2-3,8-9,17H,4-7H2,1H3,(H,16,18). The first kappa shape index (κ1) is 15.5. The normalized spacial score (nSPS) is 11.7. The third-order valence-corrected chi connectivity index (χ3v) is 4.09. The van der Waals surface area contributed by atoms with Crippen LogP contribution in [-0.4, -0.2) is 37.9 Å². The average molecular weight is 312 g/mol. The summed E-state index contributed by atoms with van der Waals surface area (Å²) in [7, 11) is -3.13. The Morgan fingerprint density at radius 2 is 2.14 bits per heavy atom. The molecule has 0 fully saturated rings. The van der Waals surface area contributed by atoms with E-state index in [1.165, 1.54) is 12.1 Å². The predicted molar refractivity (Wildman–Crippen MR) is 79.3 cm³/mol. The van der Waals surface area contributed by atoms with Crippen LogP contribution in [0.4, 0.5) is 4.39 Å². The van der Waals surface area contributed by atoms with Gasteiger partial charge in [-0.3, -0.25) is 4.79 Å². The van der Waals surface area contributed by atoms with E-state index in [0.717, 1.165) is 22.7 Å². The van der Waals surface area contributed by atoms with Gasteiger partial charge in [0.05, 0.1) is 5.75 Å². The summed E-state index contributed by atoms with van der Waals surface area (Å²) in [6.45, 7) is 0.381. The molecule has 0 atom stereocenters. The molecule has 0 aliphatic heterocycles. The van der Waals surface area contributed by atoms with Gasteiger partial charge in [-0.2, -0.15) is 0 Å². The molecule has 0 bridgehead atoms. The molecule has 1 amide bonds. The van der Waals surface area contributed by atoms with Crippen LogP contribution in [0.15, 0.2) is 24.4 Å². The molecule has 1 aromatic heterocycles. The van der Waals surface area contributed by atoms with Gasteiger partial charge in [0.1, 0.15) is 15.7 Å². The zero-order valence-electron chi connectivity index (χ0n) is 11.6. The number of aromatic nitrogens is 1. The van der Waals surface area contributed by atoms with Crippen LogP contribution in [0.1, 0.15) is 12.0 Å². The van der Waals surface area contributed by atoms with Crippen LogP contribution in [0, 0.1) is 5.82 Å². The van der Waals surface area contributed by atoms with Gasteiger partial charge in [-0.05, 0) is 30.2 Å². The van der Waals surface area contributed by atoms with Gasteiger partial charge in [-0.1, -0.05) is 0 Å². The van der Waals surface area contributed by atoms with Crippen molar-refractivity contribution < 1.29 is 17.6 Å². The van der Waals surface area contributed by atoms with E-state index in [9.17, 15) is 17.6 Å². The Morgan fingerprint density at radius 3 is 2.86 bits per heavy atom. The average Bonchev–Trinajstić information content (AvgIpc) is 2.78. The second kappa shape index (κ2) is 6.26. The zero-order chi connectivity index (χ0) is 15.5. The molecule has 0 aliphatic carbocycles. The highest BCUT2D eigenvalue weighted by atomic mass is 32.2. The van der Waals surface area contributed by atoms with E-state index in [-0.39, 0.29) is 23.9 Å². The van der Waals surface area contributed by atoms with E-state index < -0.39 is 9.84 Å². The Bertz CT molecular complexity index is 753. The molecular weight excluding hydrogens is 295 g/mol. The summed E-state index contributed by atoms with van der Waals surface area (Å²) < 4.78 is 35.1. The van der Waals surface area contributed by atoms with E-state index in [2.05, 4.69) is 10.3 Å².